The fourth-order valence-electron chi connectivity index (χ4n) is 1.90. The summed E-state index contributed by atoms with van der Waals surface area (Å²) in [5.41, 5.74) is 0.719. The second-order valence-electron chi connectivity index (χ2n) is 4.88. The standard InChI is InChI=1S/C14H16ClNO4S/c15-12-3-1-11(2-4-12)8-10-21(19,20)16(13-5-6-13)9-7-14(17)18/h1-4,8,10,13H,5-7,9H2,(H,17,18)/b10-8+. The van der Waals surface area contributed by atoms with Crippen molar-refractivity contribution in [3.8, 4) is 0 Å². The number of nitrogens with zero attached hydrogens (tertiary/aromatic N) is 1. The summed E-state index contributed by atoms with van der Waals surface area (Å²) >= 11 is 5.77. The first-order valence-corrected chi connectivity index (χ1v) is 8.44. The van der Waals surface area contributed by atoms with Crippen molar-refractivity contribution < 1.29 is 18.3 Å². The lowest BCUT2D eigenvalue weighted by Crippen LogP contribution is -2.33. The van der Waals surface area contributed by atoms with Crippen LogP contribution in [0.2, 0.25) is 5.02 Å². The van der Waals surface area contributed by atoms with Crippen molar-refractivity contribution in [1.29, 1.82) is 0 Å². The minimum Gasteiger partial charge on any atom is -0.481 e. The fraction of sp³-hybridized carbons (Fsp3) is 0.357. The van der Waals surface area contributed by atoms with Crippen molar-refractivity contribution in [2.24, 2.45) is 0 Å². The average Bonchev–Trinajstić information content (AvgIpc) is 3.22. The van der Waals surface area contributed by atoms with Crippen LogP contribution >= 0.6 is 11.6 Å². The molecule has 5 nitrogen and oxygen atoms in total. The Labute approximate surface area is 128 Å². The summed E-state index contributed by atoms with van der Waals surface area (Å²) in [6.45, 7) is 0.00723. The van der Waals surface area contributed by atoms with Gasteiger partial charge < -0.3 is 5.11 Å². The monoisotopic (exact) mass is 329 g/mol. The average molecular weight is 330 g/mol. The predicted molar refractivity (Wildman–Crippen MR) is 81.4 cm³/mol. The minimum atomic E-state index is -3.61. The number of hydrogen-bond acceptors (Lipinski definition) is 3. The van der Waals surface area contributed by atoms with E-state index in [4.69, 9.17) is 16.7 Å². The lowest BCUT2D eigenvalue weighted by molar-refractivity contribution is -0.137. The number of hydrogen-bond donors (Lipinski definition) is 1. The molecule has 0 aliphatic heterocycles. The summed E-state index contributed by atoms with van der Waals surface area (Å²) < 4.78 is 25.8. The van der Waals surface area contributed by atoms with Gasteiger partial charge in [-0.1, -0.05) is 23.7 Å². The third-order valence-electron chi connectivity index (χ3n) is 3.13. The third kappa shape index (κ3) is 4.84. The summed E-state index contributed by atoms with van der Waals surface area (Å²) in [5.74, 6) is -1.00. The normalized spacial score (nSPS) is 15.7. The molecular formula is C14H16ClNO4S. The van der Waals surface area contributed by atoms with Crippen LogP contribution in [-0.2, 0) is 14.8 Å². The summed E-state index contributed by atoms with van der Waals surface area (Å²) in [7, 11) is -3.61. The van der Waals surface area contributed by atoms with Crippen molar-refractivity contribution in [3.05, 3.63) is 40.3 Å². The number of aliphatic carboxylic acids is 1. The number of sulfonamides is 1. The number of carboxylic acid groups (broad SMARTS) is 1. The highest BCUT2D eigenvalue weighted by Gasteiger charge is 2.35. The van der Waals surface area contributed by atoms with Gasteiger partial charge in [0.05, 0.1) is 6.42 Å². The Bertz CT molecular complexity index is 635. The van der Waals surface area contributed by atoms with Crippen molar-refractivity contribution in [1.82, 2.24) is 4.31 Å². The zero-order chi connectivity index (χ0) is 15.5. The number of carboxylic acids is 1. The van der Waals surface area contributed by atoms with E-state index < -0.39 is 16.0 Å². The van der Waals surface area contributed by atoms with Gasteiger partial charge >= 0.3 is 5.97 Å². The molecule has 0 unspecified atom stereocenters. The van der Waals surface area contributed by atoms with Gasteiger partial charge in [0.15, 0.2) is 0 Å². The van der Waals surface area contributed by atoms with Gasteiger partial charge in [0, 0.05) is 23.0 Å². The van der Waals surface area contributed by atoms with Gasteiger partial charge in [0.2, 0.25) is 10.0 Å². The van der Waals surface area contributed by atoms with E-state index in [0.29, 0.717) is 5.02 Å². The smallest absolute Gasteiger partial charge is 0.304 e. The highest BCUT2D eigenvalue weighted by molar-refractivity contribution is 7.92. The van der Waals surface area contributed by atoms with Gasteiger partial charge in [-0.3, -0.25) is 4.79 Å². The Morgan fingerprint density at radius 3 is 2.48 bits per heavy atom. The SMILES string of the molecule is O=C(O)CCN(C1CC1)S(=O)(=O)/C=C/c1ccc(Cl)cc1. The Kier molecular flexibility index (Phi) is 5.03. The minimum absolute atomic E-state index is 0.00723. The Morgan fingerprint density at radius 2 is 1.95 bits per heavy atom. The van der Waals surface area contributed by atoms with Gasteiger partial charge in [-0.2, -0.15) is 4.31 Å². The highest BCUT2D eigenvalue weighted by Crippen LogP contribution is 2.30. The molecule has 1 aliphatic carbocycles. The largest absolute Gasteiger partial charge is 0.481 e. The zero-order valence-electron chi connectivity index (χ0n) is 11.3. The van der Waals surface area contributed by atoms with Crippen molar-refractivity contribution in [2.75, 3.05) is 6.54 Å². The number of carbonyl (C=O) groups is 1. The first kappa shape index (κ1) is 16.0. The van der Waals surface area contributed by atoms with Crippen molar-refractivity contribution in [2.45, 2.75) is 25.3 Å². The topological polar surface area (TPSA) is 74.7 Å². The molecule has 114 valence electrons. The van der Waals surface area contributed by atoms with Gasteiger partial charge in [0.1, 0.15) is 0 Å². The third-order valence-corrected chi connectivity index (χ3v) is 5.00. The number of benzene rings is 1. The van der Waals surface area contributed by atoms with Crippen molar-refractivity contribution >= 4 is 33.7 Å². The molecular weight excluding hydrogens is 314 g/mol. The molecule has 0 bridgehead atoms. The number of rotatable bonds is 7. The molecule has 2 rings (SSSR count). The highest BCUT2D eigenvalue weighted by atomic mass is 35.5. The predicted octanol–water partition coefficient (Wildman–Crippen LogP) is 2.58. The van der Waals surface area contributed by atoms with E-state index in [0.717, 1.165) is 23.8 Å². The lowest BCUT2D eigenvalue weighted by atomic mass is 10.2. The van der Waals surface area contributed by atoms with Gasteiger partial charge in [0.25, 0.3) is 0 Å². The molecule has 1 aromatic carbocycles. The summed E-state index contributed by atoms with van der Waals surface area (Å²) in [6.07, 6.45) is 2.87. The van der Waals surface area contributed by atoms with E-state index in [-0.39, 0.29) is 19.0 Å². The van der Waals surface area contributed by atoms with E-state index in [2.05, 4.69) is 0 Å². The van der Waals surface area contributed by atoms with Gasteiger partial charge in [-0.05, 0) is 36.6 Å². The molecule has 0 radical (unpaired) electrons. The second kappa shape index (κ2) is 6.60. The van der Waals surface area contributed by atoms with Crippen LogP contribution in [0.4, 0.5) is 0 Å². The van der Waals surface area contributed by atoms with Gasteiger partial charge in [-0.25, -0.2) is 8.42 Å². The van der Waals surface area contributed by atoms with E-state index in [9.17, 15) is 13.2 Å². The van der Waals surface area contributed by atoms with E-state index in [1.807, 2.05) is 0 Å². The van der Waals surface area contributed by atoms with Crippen molar-refractivity contribution in [3.63, 3.8) is 0 Å². The fourth-order valence-corrected chi connectivity index (χ4v) is 3.49. The molecule has 0 heterocycles. The molecule has 7 heteroatoms. The van der Waals surface area contributed by atoms with Crippen LogP contribution in [0.15, 0.2) is 29.7 Å². The first-order valence-electron chi connectivity index (χ1n) is 6.56. The molecule has 1 saturated carbocycles. The Balaban J connectivity index is 2.10. The maximum atomic E-state index is 12.3. The maximum absolute atomic E-state index is 12.3. The van der Waals surface area contributed by atoms with Gasteiger partial charge in [-0.15, -0.1) is 0 Å². The van der Waals surface area contributed by atoms with Crippen LogP contribution in [0.25, 0.3) is 6.08 Å². The zero-order valence-corrected chi connectivity index (χ0v) is 12.8. The van der Waals surface area contributed by atoms with Crippen LogP contribution in [-0.4, -0.2) is 36.4 Å². The molecule has 1 fully saturated rings. The Hall–Kier alpha value is -1.37. The number of halogens is 1. The van der Waals surface area contributed by atoms with Crippen LogP contribution < -0.4 is 0 Å². The second-order valence-corrected chi connectivity index (χ2v) is 7.09. The molecule has 0 spiro atoms. The molecule has 0 saturated heterocycles. The van der Waals surface area contributed by atoms with Crippen LogP contribution in [0.3, 0.4) is 0 Å². The molecule has 1 aliphatic rings. The van der Waals surface area contributed by atoms with E-state index in [1.165, 1.54) is 10.4 Å². The first-order chi connectivity index (χ1) is 9.88. The van der Waals surface area contributed by atoms with E-state index in [1.54, 1.807) is 24.3 Å². The molecule has 1 aromatic rings. The molecule has 21 heavy (non-hydrogen) atoms. The molecule has 1 N–H and O–H groups in total. The molecule has 0 amide bonds. The summed E-state index contributed by atoms with van der Waals surface area (Å²) in [4.78, 5) is 10.6. The molecule has 0 atom stereocenters. The lowest BCUT2D eigenvalue weighted by Gasteiger charge is -2.18. The summed E-state index contributed by atoms with van der Waals surface area (Å²) in [6, 6.07) is 6.72. The van der Waals surface area contributed by atoms with Crippen LogP contribution in [0, 0.1) is 0 Å². The van der Waals surface area contributed by atoms with Crippen LogP contribution in [0.1, 0.15) is 24.8 Å². The molecule has 0 aromatic heterocycles. The van der Waals surface area contributed by atoms with E-state index >= 15 is 0 Å². The van der Waals surface area contributed by atoms with Crippen LogP contribution in [0.5, 0.6) is 0 Å². The Morgan fingerprint density at radius 1 is 1.33 bits per heavy atom. The quantitative estimate of drug-likeness (QED) is 0.834. The maximum Gasteiger partial charge on any atom is 0.304 e. The summed E-state index contributed by atoms with van der Waals surface area (Å²) in [5, 5.41) is 10.4.